The average molecular weight is 202 g/mol. The van der Waals surface area contributed by atoms with Gasteiger partial charge >= 0.3 is 5.97 Å². The first-order valence-electron chi connectivity index (χ1n) is 5.09. The standard InChI is InChI=1S/C10H18O4/c1-8-2-4-10(5-3-8,9(12)13)14-7-6-11/h8,11H,2-7H2,1H3,(H,12,13). The van der Waals surface area contributed by atoms with E-state index in [4.69, 9.17) is 14.9 Å². The number of carboxylic acids is 1. The second-order valence-corrected chi connectivity index (χ2v) is 4.05. The van der Waals surface area contributed by atoms with Crippen molar-refractivity contribution < 1.29 is 19.7 Å². The molecule has 0 aromatic heterocycles. The number of ether oxygens (including phenoxy) is 1. The van der Waals surface area contributed by atoms with Crippen molar-refractivity contribution in [1.82, 2.24) is 0 Å². The van der Waals surface area contributed by atoms with Crippen LogP contribution in [0.2, 0.25) is 0 Å². The third kappa shape index (κ3) is 2.45. The third-order valence-corrected chi connectivity index (χ3v) is 2.94. The average Bonchev–Trinajstić information content (AvgIpc) is 2.17. The van der Waals surface area contributed by atoms with Gasteiger partial charge in [-0.25, -0.2) is 4.79 Å². The SMILES string of the molecule is CC1CCC(OCCO)(C(=O)O)CC1. The molecule has 4 nitrogen and oxygen atoms in total. The predicted octanol–water partition coefficient (Wildman–Crippen LogP) is 1.03. The number of hydrogen-bond acceptors (Lipinski definition) is 3. The molecule has 1 aliphatic carbocycles. The molecule has 1 fully saturated rings. The molecular formula is C10H18O4. The van der Waals surface area contributed by atoms with Crippen LogP contribution < -0.4 is 0 Å². The van der Waals surface area contributed by atoms with E-state index in [0.29, 0.717) is 18.8 Å². The second kappa shape index (κ2) is 4.75. The van der Waals surface area contributed by atoms with E-state index in [9.17, 15) is 4.79 Å². The van der Waals surface area contributed by atoms with Crippen LogP contribution in [0.3, 0.4) is 0 Å². The zero-order valence-corrected chi connectivity index (χ0v) is 8.53. The topological polar surface area (TPSA) is 66.8 Å². The van der Waals surface area contributed by atoms with Gasteiger partial charge < -0.3 is 14.9 Å². The van der Waals surface area contributed by atoms with Crippen LogP contribution in [0.15, 0.2) is 0 Å². The largest absolute Gasteiger partial charge is 0.479 e. The quantitative estimate of drug-likeness (QED) is 0.714. The number of aliphatic hydroxyl groups excluding tert-OH is 1. The lowest BCUT2D eigenvalue weighted by molar-refractivity contribution is -0.173. The van der Waals surface area contributed by atoms with Gasteiger partial charge in [0.25, 0.3) is 0 Å². The zero-order valence-electron chi connectivity index (χ0n) is 8.53. The fraction of sp³-hybridized carbons (Fsp3) is 0.900. The van der Waals surface area contributed by atoms with Crippen LogP contribution in [0, 0.1) is 5.92 Å². The molecule has 14 heavy (non-hydrogen) atoms. The molecule has 0 amide bonds. The van der Waals surface area contributed by atoms with Gasteiger partial charge in [0.15, 0.2) is 5.60 Å². The van der Waals surface area contributed by atoms with Crippen LogP contribution >= 0.6 is 0 Å². The van der Waals surface area contributed by atoms with Gasteiger partial charge in [-0.05, 0) is 31.6 Å². The highest BCUT2D eigenvalue weighted by Gasteiger charge is 2.42. The molecule has 1 saturated carbocycles. The summed E-state index contributed by atoms with van der Waals surface area (Å²) in [5.41, 5.74) is -1.03. The first kappa shape index (κ1) is 11.5. The first-order valence-corrected chi connectivity index (χ1v) is 5.09. The molecule has 4 heteroatoms. The Kier molecular flexibility index (Phi) is 3.89. The number of hydrogen-bond donors (Lipinski definition) is 2. The van der Waals surface area contributed by atoms with Crippen LogP contribution in [-0.2, 0) is 9.53 Å². The van der Waals surface area contributed by atoms with E-state index >= 15 is 0 Å². The van der Waals surface area contributed by atoms with Crippen LogP contribution in [0.1, 0.15) is 32.6 Å². The highest BCUT2D eigenvalue weighted by atomic mass is 16.5. The van der Waals surface area contributed by atoms with Gasteiger partial charge in [-0.15, -0.1) is 0 Å². The number of rotatable bonds is 4. The Labute approximate surface area is 83.9 Å². The second-order valence-electron chi connectivity index (χ2n) is 4.05. The van der Waals surface area contributed by atoms with Crippen molar-refractivity contribution in [1.29, 1.82) is 0 Å². The van der Waals surface area contributed by atoms with Gasteiger partial charge in [-0.3, -0.25) is 0 Å². The Morgan fingerprint density at radius 3 is 2.50 bits per heavy atom. The first-order chi connectivity index (χ1) is 6.60. The van der Waals surface area contributed by atoms with E-state index in [1.165, 1.54) is 0 Å². The summed E-state index contributed by atoms with van der Waals surface area (Å²) in [5, 5.41) is 17.7. The third-order valence-electron chi connectivity index (χ3n) is 2.94. The van der Waals surface area contributed by atoms with E-state index in [1.54, 1.807) is 0 Å². The molecule has 0 bridgehead atoms. The van der Waals surface area contributed by atoms with Gasteiger partial charge in [-0.2, -0.15) is 0 Å². The maximum Gasteiger partial charge on any atom is 0.335 e. The molecule has 0 aliphatic heterocycles. The Hall–Kier alpha value is -0.610. The monoisotopic (exact) mass is 202 g/mol. The molecule has 0 heterocycles. The molecule has 0 aromatic carbocycles. The minimum absolute atomic E-state index is 0.112. The summed E-state index contributed by atoms with van der Waals surface area (Å²) in [6.07, 6.45) is 2.89. The number of carbonyl (C=O) groups is 1. The smallest absolute Gasteiger partial charge is 0.335 e. The molecule has 0 unspecified atom stereocenters. The fourth-order valence-electron chi connectivity index (χ4n) is 1.89. The Bertz CT molecular complexity index is 189. The lowest BCUT2D eigenvalue weighted by Gasteiger charge is -2.35. The summed E-state index contributed by atoms with van der Waals surface area (Å²) in [6.45, 7) is 2.11. The van der Waals surface area contributed by atoms with E-state index < -0.39 is 11.6 Å². The molecular weight excluding hydrogens is 184 g/mol. The highest BCUT2D eigenvalue weighted by Crippen LogP contribution is 2.34. The molecule has 2 N–H and O–H groups in total. The molecule has 0 saturated heterocycles. The van der Waals surface area contributed by atoms with Crippen LogP contribution in [0.25, 0.3) is 0 Å². The van der Waals surface area contributed by atoms with Crippen molar-refractivity contribution in [3.8, 4) is 0 Å². The summed E-state index contributed by atoms with van der Waals surface area (Å²) in [4.78, 5) is 11.1. The van der Waals surface area contributed by atoms with Crippen molar-refractivity contribution in [3.63, 3.8) is 0 Å². The van der Waals surface area contributed by atoms with Crippen LogP contribution in [0.5, 0.6) is 0 Å². The molecule has 1 aliphatic rings. The maximum atomic E-state index is 11.1. The zero-order chi connectivity index (χ0) is 10.6. The molecule has 0 aromatic rings. The van der Waals surface area contributed by atoms with Crippen LogP contribution in [-0.4, -0.2) is 35.0 Å². The van der Waals surface area contributed by atoms with E-state index in [2.05, 4.69) is 6.92 Å². The lowest BCUT2D eigenvalue weighted by Crippen LogP contribution is -2.45. The van der Waals surface area contributed by atoms with E-state index in [-0.39, 0.29) is 13.2 Å². The number of aliphatic carboxylic acids is 1. The Morgan fingerprint density at radius 2 is 2.07 bits per heavy atom. The van der Waals surface area contributed by atoms with Crippen molar-refractivity contribution in [2.45, 2.75) is 38.2 Å². The maximum absolute atomic E-state index is 11.1. The molecule has 0 radical (unpaired) electrons. The minimum Gasteiger partial charge on any atom is -0.479 e. The number of aliphatic hydroxyl groups is 1. The van der Waals surface area contributed by atoms with E-state index in [1.807, 2.05) is 0 Å². The summed E-state index contributed by atoms with van der Waals surface area (Å²) in [5.74, 6) is -0.307. The normalized spacial score (nSPS) is 32.9. The molecule has 0 spiro atoms. The summed E-state index contributed by atoms with van der Waals surface area (Å²) < 4.78 is 5.28. The van der Waals surface area contributed by atoms with Crippen molar-refractivity contribution in [3.05, 3.63) is 0 Å². The van der Waals surface area contributed by atoms with Gasteiger partial charge in [0.1, 0.15) is 0 Å². The molecule has 1 rings (SSSR count). The van der Waals surface area contributed by atoms with Crippen LogP contribution in [0.4, 0.5) is 0 Å². The summed E-state index contributed by atoms with van der Waals surface area (Å²) in [6, 6.07) is 0. The van der Waals surface area contributed by atoms with Gasteiger partial charge in [0.05, 0.1) is 13.2 Å². The molecule has 82 valence electrons. The summed E-state index contributed by atoms with van der Waals surface area (Å²) in [7, 11) is 0. The predicted molar refractivity (Wildman–Crippen MR) is 51.0 cm³/mol. The Balaban J connectivity index is 2.58. The van der Waals surface area contributed by atoms with Crippen molar-refractivity contribution in [2.75, 3.05) is 13.2 Å². The highest BCUT2D eigenvalue weighted by molar-refractivity contribution is 5.77. The number of carboxylic acid groups (broad SMARTS) is 1. The minimum atomic E-state index is -1.03. The van der Waals surface area contributed by atoms with Crippen molar-refractivity contribution in [2.24, 2.45) is 5.92 Å². The van der Waals surface area contributed by atoms with Crippen molar-refractivity contribution >= 4 is 5.97 Å². The molecule has 0 atom stereocenters. The summed E-state index contributed by atoms with van der Waals surface area (Å²) >= 11 is 0. The van der Waals surface area contributed by atoms with Gasteiger partial charge in [0, 0.05) is 0 Å². The fourth-order valence-corrected chi connectivity index (χ4v) is 1.89. The van der Waals surface area contributed by atoms with Gasteiger partial charge in [0.2, 0.25) is 0 Å². The van der Waals surface area contributed by atoms with Gasteiger partial charge in [-0.1, -0.05) is 6.92 Å². The Morgan fingerprint density at radius 1 is 1.50 bits per heavy atom. The van der Waals surface area contributed by atoms with E-state index in [0.717, 1.165) is 12.8 Å². The lowest BCUT2D eigenvalue weighted by atomic mass is 9.79.